The first-order chi connectivity index (χ1) is 9.65. The van der Waals surface area contributed by atoms with Crippen LogP contribution in [0.25, 0.3) is 11.0 Å². The van der Waals surface area contributed by atoms with Gasteiger partial charge in [0.25, 0.3) is 0 Å². The van der Waals surface area contributed by atoms with E-state index in [0.717, 1.165) is 34.6 Å². The van der Waals surface area contributed by atoms with Crippen LogP contribution in [0, 0.1) is 0 Å². The van der Waals surface area contributed by atoms with Crippen molar-refractivity contribution in [3.63, 3.8) is 0 Å². The number of hydrogen-bond donors (Lipinski definition) is 1. The lowest BCUT2D eigenvalue weighted by Gasteiger charge is -2.24. The molecular weight excluding hydrogens is 316 g/mol. The number of nitrogens with zero attached hydrogens (tertiary/aromatic N) is 3. The zero-order valence-corrected chi connectivity index (χ0v) is 13.4. The molecule has 1 heterocycles. The fourth-order valence-electron chi connectivity index (χ4n) is 3.14. The number of nitrogen functional groups attached to an aromatic ring is 1. The summed E-state index contributed by atoms with van der Waals surface area (Å²) < 4.78 is 3.16. The molecule has 20 heavy (non-hydrogen) atoms. The maximum Gasteiger partial charge on any atom is 0.201 e. The Labute approximate surface area is 128 Å². The van der Waals surface area contributed by atoms with Crippen LogP contribution >= 0.6 is 15.9 Å². The SMILES string of the molecule is CN(CCn1c(N)nc2cc(Br)ccc21)C1CCCC1. The Bertz CT molecular complexity index is 601. The van der Waals surface area contributed by atoms with E-state index in [4.69, 9.17) is 5.73 Å². The lowest BCUT2D eigenvalue weighted by Crippen LogP contribution is -2.32. The van der Waals surface area contributed by atoms with Gasteiger partial charge in [0, 0.05) is 23.6 Å². The number of nitrogens with two attached hydrogens (primary N) is 1. The van der Waals surface area contributed by atoms with Gasteiger partial charge in [-0.1, -0.05) is 28.8 Å². The Kier molecular flexibility index (Phi) is 3.98. The molecule has 1 aromatic carbocycles. The highest BCUT2D eigenvalue weighted by Gasteiger charge is 2.19. The number of fused-ring (bicyclic) bond motifs is 1. The minimum atomic E-state index is 0.609. The molecule has 5 heteroatoms. The normalized spacial score (nSPS) is 16.6. The van der Waals surface area contributed by atoms with Crippen LogP contribution in [0.4, 0.5) is 5.95 Å². The summed E-state index contributed by atoms with van der Waals surface area (Å²) in [6.45, 7) is 1.92. The molecule has 0 atom stereocenters. The van der Waals surface area contributed by atoms with Crippen LogP contribution in [-0.4, -0.2) is 34.1 Å². The standard InChI is InChI=1S/C15H21BrN4/c1-19(12-4-2-3-5-12)8-9-20-14-7-6-11(16)10-13(14)18-15(20)17/h6-7,10,12H,2-5,8-9H2,1H3,(H2,17,18). The quantitative estimate of drug-likeness (QED) is 0.932. The average Bonchev–Trinajstić information content (AvgIpc) is 3.03. The highest BCUT2D eigenvalue weighted by atomic mass is 79.9. The monoisotopic (exact) mass is 336 g/mol. The number of halogens is 1. The zero-order valence-electron chi connectivity index (χ0n) is 11.8. The van der Waals surface area contributed by atoms with Gasteiger partial charge in [-0.05, 0) is 38.1 Å². The predicted octanol–water partition coefficient (Wildman–Crippen LogP) is 3.26. The van der Waals surface area contributed by atoms with Gasteiger partial charge in [0.15, 0.2) is 0 Å². The number of likely N-dealkylation sites (N-methyl/N-ethyl adjacent to an activating group) is 1. The number of imidazole rings is 1. The summed E-state index contributed by atoms with van der Waals surface area (Å²) in [7, 11) is 2.22. The van der Waals surface area contributed by atoms with Crippen molar-refractivity contribution in [2.75, 3.05) is 19.3 Å². The molecule has 1 aliphatic rings. The fourth-order valence-corrected chi connectivity index (χ4v) is 3.49. The van der Waals surface area contributed by atoms with Gasteiger partial charge in [0.1, 0.15) is 0 Å². The zero-order chi connectivity index (χ0) is 14.1. The third kappa shape index (κ3) is 2.69. The molecule has 1 fully saturated rings. The fraction of sp³-hybridized carbons (Fsp3) is 0.533. The molecule has 0 unspecified atom stereocenters. The van der Waals surface area contributed by atoms with Crippen molar-refractivity contribution in [1.82, 2.24) is 14.5 Å². The van der Waals surface area contributed by atoms with E-state index in [1.807, 2.05) is 12.1 Å². The molecule has 0 bridgehead atoms. The first kappa shape index (κ1) is 13.9. The average molecular weight is 337 g/mol. The van der Waals surface area contributed by atoms with E-state index in [-0.39, 0.29) is 0 Å². The van der Waals surface area contributed by atoms with Crippen molar-refractivity contribution in [1.29, 1.82) is 0 Å². The number of benzene rings is 1. The van der Waals surface area contributed by atoms with Gasteiger partial charge >= 0.3 is 0 Å². The Hall–Kier alpha value is -1.07. The molecule has 4 nitrogen and oxygen atoms in total. The van der Waals surface area contributed by atoms with Crippen molar-refractivity contribution < 1.29 is 0 Å². The number of aromatic nitrogens is 2. The molecule has 0 spiro atoms. The van der Waals surface area contributed by atoms with Gasteiger partial charge in [0.2, 0.25) is 5.95 Å². The molecule has 1 saturated carbocycles. The van der Waals surface area contributed by atoms with Gasteiger partial charge in [-0.2, -0.15) is 0 Å². The smallest absolute Gasteiger partial charge is 0.201 e. The van der Waals surface area contributed by atoms with E-state index in [2.05, 4.69) is 43.5 Å². The third-order valence-electron chi connectivity index (χ3n) is 4.36. The van der Waals surface area contributed by atoms with Crippen LogP contribution in [0.15, 0.2) is 22.7 Å². The summed E-state index contributed by atoms with van der Waals surface area (Å²) in [6, 6.07) is 6.89. The molecule has 1 aliphatic carbocycles. The van der Waals surface area contributed by atoms with Crippen molar-refractivity contribution in [3.8, 4) is 0 Å². The summed E-state index contributed by atoms with van der Waals surface area (Å²) in [4.78, 5) is 6.91. The molecular formula is C15H21BrN4. The van der Waals surface area contributed by atoms with Crippen LogP contribution in [0.1, 0.15) is 25.7 Å². The second-order valence-corrected chi connectivity index (χ2v) is 6.59. The first-order valence-corrected chi connectivity index (χ1v) is 8.06. The summed E-state index contributed by atoms with van der Waals surface area (Å²) in [6.07, 6.45) is 5.42. The van der Waals surface area contributed by atoms with E-state index in [1.54, 1.807) is 0 Å². The van der Waals surface area contributed by atoms with Crippen molar-refractivity contribution in [3.05, 3.63) is 22.7 Å². The van der Waals surface area contributed by atoms with Gasteiger partial charge in [-0.25, -0.2) is 4.98 Å². The predicted molar refractivity (Wildman–Crippen MR) is 86.7 cm³/mol. The summed E-state index contributed by atoms with van der Waals surface area (Å²) in [5.74, 6) is 0.609. The molecule has 0 amide bonds. The van der Waals surface area contributed by atoms with Crippen LogP contribution in [0.5, 0.6) is 0 Å². The van der Waals surface area contributed by atoms with E-state index >= 15 is 0 Å². The second kappa shape index (κ2) is 5.74. The highest BCUT2D eigenvalue weighted by molar-refractivity contribution is 9.10. The molecule has 0 radical (unpaired) electrons. The van der Waals surface area contributed by atoms with E-state index in [1.165, 1.54) is 25.7 Å². The van der Waals surface area contributed by atoms with Gasteiger partial charge in [-0.3, -0.25) is 0 Å². The number of hydrogen-bond acceptors (Lipinski definition) is 3. The lowest BCUT2D eigenvalue weighted by molar-refractivity contribution is 0.238. The molecule has 2 N–H and O–H groups in total. The first-order valence-electron chi connectivity index (χ1n) is 7.26. The van der Waals surface area contributed by atoms with Crippen LogP contribution in [0.2, 0.25) is 0 Å². The minimum absolute atomic E-state index is 0.609. The molecule has 2 aromatic rings. The summed E-state index contributed by atoms with van der Waals surface area (Å²) in [5.41, 5.74) is 8.14. The van der Waals surface area contributed by atoms with E-state index in [0.29, 0.717) is 5.95 Å². The van der Waals surface area contributed by atoms with Crippen molar-refractivity contribution in [2.24, 2.45) is 0 Å². The van der Waals surface area contributed by atoms with Gasteiger partial charge < -0.3 is 15.2 Å². The largest absolute Gasteiger partial charge is 0.369 e. The van der Waals surface area contributed by atoms with Gasteiger partial charge in [-0.15, -0.1) is 0 Å². The molecule has 108 valence electrons. The molecule has 0 aliphatic heterocycles. The Morgan fingerprint density at radius 1 is 1.40 bits per heavy atom. The van der Waals surface area contributed by atoms with Gasteiger partial charge in [0.05, 0.1) is 11.0 Å². The highest BCUT2D eigenvalue weighted by Crippen LogP contribution is 2.24. The van der Waals surface area contributed by atoms with Crippen molar-refractivity contribution >= 4 is 32.9 Å². The maximum atomic E-state index is 6.06. The molecule has 3 rings (SSSR count). The maximum absolute atomic E-state index is 6.06. The molecule has 1 aromatic heterocycles. The minimum Gasteiger partial charge on any atom is -0.369 e. The second-order valence-electron chi connectivity index (χ2n) is 5.67. The van der Waals surface area contributed by atoms with E-state index in [9.17, 15) is 0 Å². The topological polar surface area (TPSA) is 47.1 Å². The number of rotatable bonds is 4. The Balaban J connectivity index is 1.75. The van der Waals surface area contributed by atoms with Crippen LogP contribution < -0.4 is 5.73 Å². The summed E-state index contributed by atoms with van der Waals surface area (Å²) >= 11 is 3.47. The Morgan fingerprint density at radius 3 is 2.90 bits per heavy atom. The lowest BCUT2D eigenvalue weighted by atomic mass is 10.2. The van der Waals surface area contributed by atoms with Crippen molar-refractivity contribution in [2.45, 2.75) is 38.3 Å². The van der Waals surface area contributed by atoms with Crippen LogP contribution in [-0.2, 0) is 6.54 Å². The summed E-state index contributed by atoms with van der Waals surface area (Å²) in [5, 5.41) is 0. The van der Waals surface area contributed by atoms with Crippen LogP contribution in [0.3, 0.4) is 0 Å². The third-order valence-corrected chi connectivity index (χ3v) is 4.86. The Morgan fingerprint density at radius 2 is 2.15 bits per heavy atom. The van der Waals surface area contributed by atoms with E-state index < -0.39 is 0 Å². The molecule has 0 saturated heterocycles. The number of anilines is 1.